The lowest BCUT2D eigenvalue weighted by Crippen LogP contribution is -2.24. The highest BCUT2D eigenvalue weighted by molar-refractivity contribution is 9.10. The summed E-state index contributed by atoms with van der Waals surface area (Å²) in [6.45, 7) is -0.0663. The number of fused-ring (bicyclic) bond motifs is 3. The van der Waals surface area contributed by atoms with Crippen molar-refractivity contribution in [3.8, 4) is 5.75 Å². The van der Waals surface area contributed by atoms with Gasteiger partial charge in [0.15, 0.2) is 5.65 Å². The molecule has 1 unspecified atom stereocenters. The van der Waals surface area contributed by atoms with Crippen LogP contribution < -0.4 is 4.74 Å². The zero-order valence-corrected chi connectivity index (χ0v) is 19.2. The third-order valence-electron chi connectivity index (χ3n) is 5.12. The maximum absolute atomic E-state index is 10.8. The van der Waals surface area contributed by atoms with E-state index >= 15 is 0 Å². The lowest BCUT2D eigenvalue weighted by molar-refractivity contribution is -0.385. The van der Waals surface area contributed by atoms with Crippen molar-refractivity contribution in [3.63, 3.8) is 0 Å². The standard InChI is InChI=1S/C22H15BrClN5O4/c23-12-5-6-15-18(7-12)27-22-19(20(15)24)21(16-3-1-2-4-17(16)26-22)33-11-14(30)10-28-9-13(8-25-28)29(31)32/h1-9,14,30H,10-11H2. The van der Waals surface area contributed by atoms with Crippen LogP contribution in [0.15, 0.2) is 59.3 Å². The zero-order chi connectivity index (χ0) is 23.1. The molecule has 5 rings (SSSR count). The minimum Gasteiger partial charge on any atom is -0.489 e. The Morgan fingerprint density at radius 3 is 2.76 bits per heavy atom. The number of rotatable bonds is 6. The van der Waals surface area contributed by atoms with E-state index in [1.165, 1.54) is 10.9 Å². The fourth-order valence-corrected chi connectivity index (χ4v) is 4.30. The molecule has 0 fully saturated rings. The second-order valence-electron chi connectivity index (χ2n) is 7.39. The van der Waals surface area contributed by atoms with Crippen LogP contribution in [0.5, 0.6) is 5.75 Å². The van der Waals surface area contributed by atoms with E-state index in [2.05, 4.69) is 31.0 Å². The number of para-hydroxylation sites is 1. The van der Waals surface area contributed by atoms with E-state index in [9.17, 15) is 15.2 Å². The number of nitro groups is 1. The summed E-state index contributed by atoms with van der Waals surface area (Å²) < 4.78 is 8.25. The highest BCUT2D eigenvalue weighted by Crippen LogP contribution is 2.40. The summed E-state index contributed by atoms with van der Waals surface area (Å²) in [6.07, 6.45) is 1.41. The molecule has 0 spiro atoms. The fraction of sp³-hybridized carbons (Fsp3) is 0.136. The Balaban J connectivity index is 1.55. The molecule has 0 saturated carbocycles. The van der Waals surface area contributed by atoms with Crippen LogP contribution in [0.2, 0.25) is 5.02 Å². The second kappa shape index (κ2) is 8.54. The summed E-state index contributed by atoms with van der Waals surface area (Å²) >= 11 is 10.2. The molecule has 3 aromatic heterocycles. The molecule has 0 aliphatic heterocycles. The van der Waals surface area contributed by atoms with Crippen molar-refractivity contribution in [2.45, 2.75) is 12.6 Å². The molecule has 0 amide bonds. The molecule has 0 saturated heterocycles. The molecule has 166 valence electrons. The van der Waals surface area contributed by atoms with Gasteiger partial charge in [0.05, 0.1) is 32.9 Å². The Hall–Kier alpha value is -3.34. The van der Waals surface area contributed by atoms with E-state index in [1.54, 1.807) is 0 Å². The quantitative estimate of drug-likeness (QED) is 0.189. The summed E-state index contributed by atoms with van der Waals surface area (Å²) in [7, 11) is 0. The number of aromatic nitrogens is 4. The van der Waals surface area contributed by atoms with Crippen molar-refractivity contribution in [3.05, 3.63) is 74.5 Å². The van der Waals surface area contributed by atoms with Crippen LogP contribution in [-0.2, 0) is 6.54 Å². The van der Waals surface area contributed by atoms with Gasteiger partial charge in [-0.15, -0.1) is 0 Å². The van der Waals surface area contributed by atoms with Gasteiger partial charge in [-0.25, -0.2) is 9.97 Å². The van der Waals surface area contributed by atoms with Crippen molar-refractivity contribution < 1.29 is 14.8 Å². The Bertz CT molecular complexity index is 1540. The molecule has 0 aliphatic carbocycles. The highest BCUT2D eigenvalue weighted by atomic mass is 79.9. The Labute approximate surface area is 199 Å². The summed E-state index contributed by atoms with van der Waals surface area (Å²) in [5.41, 5.74) is 1.65. The van der Waals surface area contributed by atoms with Crippen LogP contribution in [0.3, 0.4) is 0 Å². The lowest BCUT2D eigenvalue weighted by atomic mass is 10.1. The number of hydrogen-bond donors (Lipinski definition) is 1. The third kappa shape index (κ3) is 4.08. The third-order valence-corrected chi connectivity index (χ3v) is 6.00. The predicted molar refractivity (Wildman–Crippen MR) is 128 cm³/mol. The van der Waals surface area contributed by atoms with E-state index < -0.39 is 11.0 Å². The van der Waals surface area contributed by atoms with Crippen molar-refractivity contribution in [1.29, 1.82) is 0 Å². The highest BCUT2D eigenvalue weighted by Gasteiger charge is 2.19. The maximum atomic E-state index is 10.8. The molecular weight excluding hydrogens is 514 g/mol. The van der Waals surface area contributed by atoms with E-state index in [-0.39, 0.29) is 18.8 Å². The SMILES string of the molecule is O=[N+]([O-])c1cnn(CC(O)COc2c3ccccc3nc3nc4cc(Br)ccc4c(Cl)c23)c1. The lowest BCUT2D eigenvalue weighted by Gasteiger charge is -2.17. The Kier molecular flexibility index (Phi) is 5.57. The van der Waals surface area contributed by atoms with Crippen LogP contribution in [-0.4, -0.2) is 42.5 Å². The van der Waals surface area contributed by atoms with Gasteiger partial charge in [-0.1, -0.05) is 45.7 Å². The molecule has 1 N–H and O–H groups in total. The van der Waals surface area contributed by atoms with Gasteiger partial charge in [-0.3, -0.25) is 14.8 Å². The van der Waals surface area contributed by atoms with E-state index in [0.29, 0.717) is 32.8 Å². The van der Waals surface area contributed by atoms with Gasteiger partial charge >= 0.3 is 5.69 Å². The monoisotopic (exact) mass is 527 g/mol. The van der Waals surface area contributed by atoms with E-state index in [4.69, 9.17) is 16.3 Å². The van der Waals surface area contributed by atoms with E-state index in [0.717, 1.165) is 21.4 Å². The van der Waals surface area contributed by atoms with Crippen molar-refractivity contribution in [2.75, 3.05) is 6.61 Å². The van der Waals surface area contributed by atoms with Crippen LogP contribution in [0.1, 0.15) is 0 Å². The molecule has 3 heterocycles. The molecule has 2 aromatic carbocycles. The van der Waals surface area contributed by atoms with Crippen LogP contribution in [0.25, 0.3) is 32.8 Å². The normalized spacial score (nSPS) is 12.5. The first kappa shape index (κ1) is 21.5. The average Bonchev–Trinajstić information content (AvgIpc) is 3.25. The van der Waals surface area contributed by atoms with Gasteiger partial charge in [0.1, 0.15) is 30.9 Å². The fourth-order valence-electron chi connectivity index (χ4n) is 3.62. The molecular formula is C22H15BrClN5O4. The van der Waals surface area contributed by atoms with Gasteiger partial charge in [0.25, 0.3) is 0 Å². The summed E-state index contributed by atoms with van der Waals surface area (Å²) in [4.78, 5) is 19.6. The molecule has 0 bridgehead atoms. The van der Waals surface area contributed by atoms with Crippen LogP contribution in [0, 0.1) is 10.1 Å². The predicted octanol–water partition coefficient (Wildman–Crippen LogP) is 4.90. The van der Waals surface area contributed by atoms with Gasteiger partial charge in [-0.05, 0) is 24.3 Å². The second-order valence-corrected chi connectivity index (χ2v) is 8.68. The number of pyridine rings is 2. The number of aliphatic hydroxyl groups is 1. The number of aliphatic hydroxyl groups excluding tert-OH is 1. The minimum absolute atomic E-state index is 0.0255. The zero-order valence-electron chi connectivity index (χ0n) is 16.9. The summed E-state index contributed by atoms with van der Waals surface area (Å²) in [5, 5.41) is 27.7. The van der Waals surface area contributed by atoms with Gasteiger partial charge in [0, 0.05) is 15.2 Å². The first-order valence-electron chi connectivity index (χ1n) is 9.85. The average molecular weight is 529 g/mol. The van der Waals surface area contributed by atoms with Crippen LogP contribution in [0.4, 0.5) is 5.69 Å². The topological polar surface area (TPSA) is 116 Å². The Morgan fingerprint density at radius 1 is 1.18 bits per heavy atom. The first-order valence-corrected chi connectivity index (χ1v) is 11.0. The largest absolute Gasteiger partial charge is 0.489 e. The van der Waals surface area contributed by atoms with Crippen molar-refractivity contribution in [1.82, 2.24) is 19.7 Å². The molecule has 0 aliphatic rings. The molecule has 33 heavy (non-hydrogen) atoms. The van der Waals surface area contributed by atoms with Crippen molar-refractivity contribution in [2.24, 2.45) is 0 Å². The molecule has 0 radical (unpaired) electrons. The van der Waals surface area contributed by atoms with Gasteiger partial charge in [0.2, 0.25) is 0 Å². The smallest absolute Gasteiger partial charge is 0.306 e. The number of hydrogen-bond acceptors (Lipinski definition) is 7. The molecule has 5 aromatic rings. The molecule has 9 nitrogen and oxygen atoms in total. The van der Waals surface area contributed by atoms with Crippen LogP contribution >= 0.6 is 27.5 Å². The number of nitrogens with zero attached hydrogens (tertiary/aromatic N) is 5. The molecule has 11 heteroatoms. The number of ether oxygens (including phenoxy) is 1. The summed E-state index contributed by atoms with van der Waals surface area (Å²) in [6, 6.07) is 13.1. The minimum atomic E-state index is -0.977. The Morgan fingerprint density at radius 2 is 1.97 bits per heavy atom. The molecule has 1 atom stereocenters. The van der Waals surface area contributed by atoms with Gasteiger partial charge < -0.3 is 9.84 Å². The van der Waals surface area contributed by atoms with E-state index in [1.807, 2.05) is 42.5 Å². The van der Waals surface area contributed by atoms with Crippen molar-refractivity contribution >= 4 is 66.1 Å². The number of halogens is 2. The number of benzene rings is 2. The van der Waals surface area contributed by atoms with Gasteiger partial charge in [-0.2, -0.15) is 5.10 Å². The maximum Gasteiger partial charge on any atom is 0.306 e. The first-order chi connectivity index (χ1) is 15.9. The summed E-state index contributed by atoms with van der Waals surface area (Å²) in [5.74, 6) is 0.461.